The molecule has 0 saturated heterocycles. The van der Waals surface area contributed by atoms with Gasteiger partial charge in [0.2, 0.25) is 0 Å². The zero-order chi connectivity index (χ0) is 10.4. The van der Waals surface area contributed by atoms with Crippen LogP contribution in [0.1, 0.15) is 25.3 Å². The summed E-state index contributed by atoms with van der Waals surface area (Å²) < 4.78 is 0.986. The fourth-order valence-corrected chi connectivity index (χ4v) is 2.42. The van der Waals surface area contributed by atoms with Crippen molar-refractivity contribution in [2.45, 2.75) is 25.5 Å². The van der Waals surface area contributed by atoms with Crippen LogP contribution in [0, 0.1) is 0 Å². The van der Waals surface area contributed by atoms with Crippen molar-refractivity contribution >= 4 is 33.4 Å². The molecule has 0 radical (unpaired) electrons. The van der Waals surface area contributed by atoms with Crippen molar-refractivity contribution in [2.75, 3.05) is 11.5 Å². The molecule has 3 heteroatoms. The Labute approximate surface area is 98.6 Å². The molecular formula is C11H16BrNS. The van der Waals surface area contributed by atoms with E-state index in [2.05, 4.69) is 28.9 Å². The Morgan fingerprint density at radius 2 is 2.21 bits per heavy atom. The van der Waals surface area contributed by atoms with Gasteiger partial charge in [-0.15, -0.1) is 0 Å². The second-order valence-corrected chi connectivity index (χ2v) is 5.22. The van der Waals surface area contributed by atoms with Crippen LogP contribution in [0.2, 0.25) is 0 Å². The van der Waals surface area contributed by atoms with E-state index in [9.17, 15) is 0 Å². The average molecular weight is 274 g/mol. The number of nitrogen functional groups attached to an aromatic ring is 1. The Morgan fingerprint density at radius 3 is 2.86 bits per heavy atom. The predicted octanol–water partition coefficient (Wildman–Crippen LogP) is 4.06. The zero-order valence-electron chi connectivity index (χ0n) is 8.42. The van der Waals surface area contributed by atoms with E-state index in [1.807, 2.05) is 23.9 Å². The molecule has 0 amide bonds. The summed E-state index contributed by atoms with van der Waals surface area (Å²) in [5, 5.41) is 0. The molecule has 1 rings (SSSR count). The van der Waals surface area contributed by atoms with Crippen LogP contribution < -0.4 is 5.73 Å². The lowest BCUT2D eigenvalue weighted by Gasteiger charge is -2.03. The van der Waals surface area contributed by atoms with Crippen molar-refractivity contribution in [3.8, 4) is 0 Å². The molecule has 1 nitrogen and oxygen atoms in total. The summed E-state index contributed by atoms with van der Waals surface area (Å²) in [4.78, 5) is 0. The van der Waals surface area contributed by atoms with E-state index in [1.165, 1.54) is 24.2 Å². The first-order valence-electron chi connectivity index (χ1n) is 4.85. The number of rotatable bonds is 5. The van der Waals surface area contributed by atoms with Crippen molar-refractivity contribution in [3.05, 3.63) is 28.2 Å². The van der Waals surface area contributed by atoms with Crippen LogP contribution in [0.15, 0.2) is 22.7 Å². The van der Waals surface area contributed by atoms with Gasteiger partial charge in [-0.3, -0.25) is 0 Å². The number of hydrogen-bond donors (Lipinski definition) is 1. The highest BCUT2D eigenvalue weighted by Crippen LogP contribution is 2.22. The number of halogens is 1. The lowest BCUT2D eigenvalue weighted by atomic mass is 10.2. The lowest BCUT2D eigenvalue weighted by molar-refractivity contribution is 0.896. The Balaban J connectivity index is 2.39. The van der Waals surface area contributed by atoms with Gasteiger partial charge < -0.3 is 5.73 Å². The maximum absolute atomic E-state index is 5.79. The molecule has 0 aliphatic heterocycles. The summed E-state index contributed by atoms with van der Waals surface area (Å²) in [6.45, 7) is 2.22. The van der Waals surface area contributed by atoms with E-state index in [1.54, 1.807) is 0 Å². The summed E-state index contributed by atoms with van der Waals surface area (Å²) in [5.74, 6) is 2.31. The largest absolute Gasteiger partial charge is 0.398 e. The fraction of sp³-hybridized carbons (Fsp3) is 0.455. The number of benzene rings is 1. The van der Waals surface area contributed by atoms with E-state index < -0.39 is 0 Å². The van der Waals surface area contributed by atoms with Gasteiger partial charge in [-0.25, -0.2) is 0 Å². The first-order valence-corrected chi connectivity index (χ1v) is 6.80. The monoisotopic (exact) mass is 273 g/mol. The minimum absolute atomic E-state index is 0.832. The summed E-state index contributed by atoms with van der Waals surface area (Å²) >= 11 is 5.37. The minimum Gasteiger partial charge on any atom is -0.398 e. The van der Waals surface area contributed by atoms with Crippen molar-refractivity contribution in [3.63, 3.8) is 0 Å². The fourth-order valence-electron chi connectivity index (χ4n) is 1.12. The molecule has 0 unspecified atom stereocenters. The molecule has 0 aliphatic rings. The van der Waals surface area contributed by atoms with Crippen LogP contribution in [0.3, 0.4) is 0 Å². The molecule has 0 aromatic heterocycles. The van der Waals surface area contributed by atoms with Gasteiger partial charge in [0.15, 0.2) is 0 Å². The number of thioether (sulfide) groups is 1. The molecule has 2 N–H and O–H groups in total. The number of anilines is 1. The minimum atomic E-state index is 0.832. The zero-order valence-corrected chi connectivity index (χ0v) is 10.8. The highest BCUT2D eigenvalue weighted by Gasteiger charge is 1.97. The van der Waals surface area contributed by atoms with Gasteiger partial charge in [-0.05, 0) is 45.8 Å². The molecule has 0 saturated carbocycles. The third kappa shape index (κ3) is 3.93. The number of unbranched alkanes of at least 4 members (excludes halogenated alkanes) is 1. The SMILES string of the molecule is CCCCSCc1ccc(Br)c(N)c1. The van der Waals surface area contributed by atoms with Crippen molar-refractivity contribution in [1.82, 2.24) is 0 Å². The second-order valence-electron chi connectivity index (χ2n) is 3.26. The molecule has 1 aromatic carbocycles. The Kier molecular flexibility index (Phi) is 5.41. The van der Waals surface area contributed by atoms with Crippen molar-refractivity contribution in [1.29, 1.82) is 0 Å². The number of nitrogens with two attached hydrogens (primary N) is 1. The van der Waals surface area contributed by atoms with E-state index in [0.29, 0.717) is 0 Å². The quantitative estimate of drug-likeness (QED) is 0.647. The highest BCUT2D eigenvalue weighted by molar-refractivity contribution is 9.10. The molecule has 0 atom stereocenters. The topological polar surface area (TPSA) is 26.0 Å². The third-order valence-corrected chi connectivity index (χ3v) is 3.81. The molecule has 0 aliphatic carbocycles. The molecule has 1 aromatic rings. The van der Waals surface area contributed by atoms with E-state index in [-0.39, 0.29) is 0 Å². The van der Waals surface area contributed by atoms with Gasteiger partial charge in [-0.2, -0.15) is 11.8 Å². The average Bonchev–Trinajstić information content (AvgIpc) is 2.18. The van der Waals surface area contributed by atoms with Crippen LogP contribution in [0.25, 0.3) is 0 Å². The summed E-state index contributed by atoms with van der Waals surface area (Å²) in [6, 6.07) is 6.19. The molecule has 0 heterocycles. The maximum Gasteiger partial charge on any atom is 0.0461 e. The van der Waals surface area contributed by atoms with Gasteiger partial charge in [0, 0.05) is 15.9 Å². The Bertz CT molecular complexity index is 289. The van der Waals surface area contributed by atoms with E-state index >= 15 is 0 Å². The molecule has 78 valence electrons. The first kappa shape index (κ1) is 11.9. The Morgan fingerprint density at radius 1 is 1.43 bits per heavy atom. The molecule has 0 fully saturated rings. The standard InChI is InChI=1S/C11H16BrNS/c1-2-3-6-14-8-9-4-5-10(12)11(13)7-9/h4-5,7H,2-3,6,8,13H2,1H3. The molecule has 0 spiro atoms. The molecule has 0 bridgehead atoms. The van der Waals surface area contributed by atoms with Gasteiger partial charge in [0.1, 0.15) is 0 Å². The summed E-state index contributed by atoms with van der Waals surface area (Å²) in [7, 11) is 0. The van der Waals surface area contributed by atoms with Crippen molar-refractivity contribution in [2.24, 2.45) is 0 Å². The lowest BCUT2D eigenvalue weighted by Crippen LogP contribution is -1.89. The smallest absolute Gasteiger partial charge is 0.0461 e. The van der Waals surface area contributed by atoms with E-state index in [4.69, 9.17) is 5.73 Å². The van der Waals surface area contributed by atoms with Gasteiger partial charge >= 0.3 is 0 Å². The van der Waals surface area contributed by atoms with Gasteiger partial charge in [-0.1, -0.05) is 19.4 Å². The van der Waals surface area contributed by atoms with Crippen LogP contribution in [-0.2, 0) is 5.75 Å². The maximum atomic E-state index is 5.79. The molecular weight excluding hydrogens is 258 g/mol. The van der Waals surface area contributed by atoms with Crippen LogP contribution >= 0.6 is 27.7 Å². The predicted molar refractivity (Wildman–Crippen MR) is 69.6 cm³/mol. The van der Waals surface area contributed by atoms with Crippen LogP contribution in [0.4, 0.5) is 5.69 Å². The molecule has 14 heavy (non-hydrogen) atoms. The van der Waals surface area contributed by atoms with Crippen LogP contribution in [-0.4, -0.2) is 5.75 Å². The normalized spacial score (nSPS) is 10.4. The third-order valence-electron chi connectivity index (χ3n) is 1.97. The Hall–Kier alpha value is -0.150. The first-order chi connectivity index (χ1) is 6.74. The highest BCUT2D eigenvalue weighted by atomic mass is 79.9. The second kappa shape index (κ2) is 6.36. The van der Waals surface area contributed by atoms with Crippen molar-refractivity contribution < 1.29 is 0 Å². The number of hydrogen-bond acceptors (Lipinski definition) is 2. The van der Waals surface area contributed by atoms with Gasteiger partial charge in [0.05, 0.1) is 0 Å². The summed E-state index contributed by atoms with van der Waals surface area (Å²) in [6.07, 6.45) is 2.58. The van der Waals surface area contributed by atoms with E-state index in [0.717, 1.165) is 15.9 Å². The summed E-state index contributed by atoms with van der Waals surface area (Å²) in [5.41, 5.74) is 7.94. The van der Waals surface area contributed by atoms with Crippen LogP contribution in [0.5, 0.6) is 0 Å². The van der Waals surface area contributed by atoms with Gasteiger partial charge in [0.25, 0.3) is 0 Å².